The van der Waals surface area contributed by atoms with Crippen LogP contribution in [-0.2, 0) is 0 Å². The first-order chi connectivity index (χ1) is 8.89. The molecule has 0 aliphatic rings. The van der Waals surface area contributed by atoms with Gasteiger partial charge in [-0.05, 0) is 16.2 Å². The number of benzene rings is 2. The minimum atomic E-state index is -0.626. The molecule has 0 saturated heterocycles. The second kappa shape index (κ2) is 5.14. The molecular weight excluding hydrogens is 236 g/mol. The molecule has 0 unspecified atom stereocenters. The largest absolute Gasteiger partial charge is 0.392 e. The summed E-state index contributed by atoms with van der Waals surface area (Å²) in [4.78, 5) is 12.4. The van der Waals surface area contributed by atoms with Crippen LogP contribution in [0.2, 0.25) is 0 Å². The van der Waals surface area contributed by atoms with E-state index < -0.39 is 6.10 Å². The van der Waals surface area contributed by atoms with E-state index in [1.54, 1.807) is 0 Å². The van der Waals surface area contributed by atoms with Crippen molar-refractivity contribution in [3.05, 3.63) is 48.0 Å². The van der Waals surface area contributed by atoms with Gasteiger partial charge in [0.05, 0.1) is 6.10 Å². The quantitative estimate of drug-likeness (QED) is 0.848. The van der Waals surface area contributed by atoms with Crippen molar-refractivity contribution >= 4 is 16.6 Å². The Balaban J connectivity index is 2.32. The number of ketones is 1. The highest BCUT2D eigenvalue weighted by Crippen LogP contribution is 2.25. The summed E-state index contributed by atoms with van der Waals surface area (Å²) in [5, 5.41) is 12.1. The number of Topliss-reactive ketones (excluding diaryl/α,β-unsaturated/α-hetero) is 1. The third-order valence-corrected chi connectivity index (χ3v) is 3.47. The van der Waals surface area contributed by atoms with Crippen molar-refractivity contribution in [2.75, 3.05) is 0 Å². The number of hydrogen-bond donors (Lipinski definition) is 1. The van der Waals surface area contributed by atoms with E-state index in [1.165, 1.54) is 0 Å². The molecule has 0 saturated carbocycles. The van der Waals surface area contributed by atoms with Crippen LogP contribution in [0.5, 0.6) is 0 Å². The summed E-state index contributed by atoms with van der Waals surface area (Å²) >= 11 is 0. The van der Waals surface area contributed by atoms with Gasteiger partial charge in [0.1, 0.15) is 0 Å². The Bertz CT molecular complexity index is 588. The van der Waals surface area contributed by atoms with E-state index in [0.717, 1.165) is 10.8 Å². The highest BCUT2D eigenvalue weighted by atomic mass is 16.3. The SMILES string of the molecule is CC(C)(C)[C@H](O)CC(=O)c1cccc2ccccc12. The standard InChI is InChI=1S/C17H20O2/c1-17(2,3)16(19)11-15(18)14-10-6-8-12-7-4-5-9-13(12)14/h4-10,16,19H,11H2,1-3H3/t16-/m1/s1. The van der Waals surface area contributed by atoms with Crippen LogP contribution >= 0.6 is 0 Å². The Morgan fingerprint density at radius 3 is 2.42 bits per heavy atom. The molecule has 2 heteroatoms. The van der Waals surface area contributed by atoms with E-state index in [4.69, 9.17) is 0 Å². The molecule has 2 aromatic rings. The molecule has 100 valence electrons. The molecule has 0 bridgehead atoms. The van der Waals surface area contributed by atoms with Gasteiger partial charge in [0.15, 0.2) is 5.78 Å². The lowest BCUT2D eigenvalue weighted by atomic mass is 9.85. The number of rotatable bonds is 3. The van der Waals surface area contributed by atoms with Crippen molar-refractivity contribution in [3.8, 4) is 0 Å². The van der Waals surface area contributed by atoms with Crippen molar-refractivity contribution in [2.45, 2.75) is 33.3 Å². The van der Waals surface area contributed by atoms with Crippen molar-refractivity contribution in [3.63, 3.8) is 0 Å². The smallest absolute Gasteiger partial charge is 0.166 e. The lowest BCUT2D eigenvalue weighted by Gasteiger charge is -2.25. The first-order valence-corrected chi connectivity index (χ1v) is 6.58. The van der Waals surface area contributed by atoms with Gasteiger partial charge in [-0.25, -0.2) is 0 Å². The molecule has 2 nitrogen and oxygen atoms in total. The summed E-state index contributed by atoms with van der Waals surface area (Å²) in [6.07, 6.45) is -0.462. The number of carbonyl (C=O) groups excluding carboxylic acids is 1. The number of carbonyl (C=O) groups is 1. The summed E-state index contributed by atoms with van der Waals surface area (Å²) in [7, 11) is 0. The van der Waals surface area contributed by atoms with E-state index >= 15 is 0 Å². The summed E-state index contributed by atoms with van der Waals surface area (Å²) in [5.74, 6) is -0.000718. The van der Waals surface area contributed by atoms with Gasteiger partial charge in [0.2, 0.25) is 0 Å². The fraction of sp³-hybridized carbons (Fsp3) is 0.353. The highest BCUT2D eigenvalue weighted by molar-refractivity contribution is 6.08. The summed E-state index contributed by atoms with van der Waals surface area (Å²) in [5.41, 5.74) is 0.418. The average Bonchev–Trinajstić information content (AvgIpc) is 2.36. The van der Waals surface area contributed by atoms with Gasteiger partial charge in [-0.15, -0.1) is 0 Å². The van der Waals surface area contributed by atoms with Gasteiger partial charge < -0.3 is 5.11 Å². The van der Waals surface area contributed by atoms with Crippen LogP contribution < -0.4 is 0 Å². The number of aliphatic hydroxyl groups is 1. The van der Waals surface area contributed by atoms with Gasteiger partial charge in [0, 0.05) is 12.0 Å². The summed E-state index contributed by atoms with van der Waals surface area (Å²) in [6, 6.07) is 13.5. The second-order valence-corrected chi connectivity index (χ2v) is 6.04. The fourth-order valence-corrected chi connectivity index (χ4v) is 2.06. The first kappa shape index (κ1) is 13.8. The molecule has 0 heterocycles. The molecule has 0 aromatic heterocycles. The Morgan fingerprint density at radius 2 is 1.74 bits per heavy atom. The Labute approximate surface area is 114 Å². The molecule has 2 rings (SSSR count). The Morgan fingerprint density at radius 1 is 1.11 bits per heavy atom. The lowest BCUT2D eigenvalue weighted by molar-refractivity contribution is 0.0495. The zero-order valence-corrected chi connectivity index (χ0v) is 11.7. The van der Waals surface area contributed by atoms with Crippen LogP contribution in [0.3, 0.4) is 0 Å². The maximum absolute atomic E-state index is 12.4. The molecule has 0 radical (unpaired) electrons. The summed E-state index contributed by atoms with van der Waals surface area (Å²) in [6.45, 7) is 5.82. The van der Waals surface area contributed by atoms with E-state index in [1.807, 2.05) is 63.2 Å². The predicted molar refractivity (Wildman–Crippen MR) is 78.4 cm³/mol. The second-order valence-electron chi connectivity index (χ2n) is 6.04. The molecule has 0 aliphatic carbocycles. The van der Waals surface area contributed by atoms with E-state index in [0.29, 0.717) is 5.56 Å². The van der Waals surface area contributed by atoms with Crippen LogP contribution in [0, 0.1) is 5.41 Å². The zero-order valence-electron chi connectivity index (χ0n) is 11.7. The Hall–Kier alpha value is -1.67. The van der Waals surface area contributed by atoms with Crippen molar-refractivity contribution in [2.24, 2.45) is 5.41 Å². The molecule has 0 amide bonds. The van der Waals surface area contributed by atoms with Crippen molar-refractivity contribution < 1.29 is 9.90 Å². The molecule has 1 atom stereocenters. The minimum absolute atomic E-state index is 0.000718. The van der Waals surface area contributed by atoms with Crippen LogP contribution in [0.4, 0.5) is 0 Å². The van der Waals surface area contributed by atoms with Crippen LogP contribution in [-0.4, -0.2) is 17.0 Å². The third-order valence-electron chi connectivity index (χ3n) is 3.47. The molecule has 0 fully saturated rings. The van der Waals surface area contributed by atoms with E-state index in [2.05, 4.69) is 0 Å². The summed E-state index contributed by atoms with van der Waals surface area (Å²) < 4.78 is 0. The molecule has 2 aromatic carbocycles. The predicted octanol–water partition coefficient (Wildman–Crippen LogP) is 3.82. The average molecular weight is 256 g/mol. The molecule has 1 N–H and O–H groups in total. The van der Waals surface area contributed by atoms with Gasteiger partial charge in [0.25, 0.3) is 0 Å². The van der Waals surface area contributed by atoms with Crippen molar-refractivity contribution in [1.29, 1.82) is 0 Å². The molecular formula is C17H20O2. The van der Waals surface area contributed by atoms with E-state index in [-0.39, 0.29) is 17.6 Å². The van der Waals surface area contributed by atoms with E-state index in [9.17, 15) is 9.90 Å². The minimum Gasteiger partial charge on any atom is -0.392 e. The molecule has 19 heavy (non-hydrogen) atoms. The first-order valence-electron chi connectivity index (χ1n) is 6.58. The highest BCUT2D eigenvalue weighted by Gasteiger charge is 2.25. The van der Waals surface area contributed by atoms with Crippen LogP contribution in [0.25, 0.3) is 10.8 Å². The monoisotopic (exact) mass is 256 g/mol. The normalized spacial score (nSPS) is 13.5. The molecule has 0 aliphatic heterocycles. The fourth-order valence-electron chi connectivity index (χ4n) is 2.06. The maximum atomic E-state index is 12.4. The number of fused-ring (bicyclic) bond motifs is 1. The van der Waals surface area contributed by atoms with Crippen molar-refractivity contribution in [1.82, 2.24) is 0 Å². The lowest BCUT2D eigenvalue weighted by Crippen LogP contribution is -2.28. The van der Waals surface area contributed by atoms with Gasteiger partial charge in [-0.2, -0.15) is 0 Å². The van der Waals surface area contributed by atoms with Gasteiger partial charge in [-0.3, -0.25) is 4.79 Å². The zero-order chi connectivity index (χ0) is 14.0. The maximum Gasteiger partial charge on any atom is 0.166 e. The topological polar surface area (TPSA) is 37.3 Å². The van der Waals surface area contributed by atoms with Gasteiger partial charge >= 0.3 is 0 Å². The number of aliphatic hydroxyl groups excluding tert-OH is 1. The number of hydrogen-bond acceptors (Lipinski definition) is 2. The van der Waals surface area contributed by atoms with Crippen LogP contribution in [0.1, 0.15) is 37.6 Å². The third kappa shape index (κ3) is 3.02. The van der Waals surface area contributed by atoms with Crippen LogP contribution in [0.15, 0.2) is 42.5 Å². The molecule has 0 spiro atoms. The Kier molecular flexibility index (Phi) is 3.72. The van der Waals surface area contributed by atoms with Gasteiger partial charge in [-0.1, -0.05) is 63.2 Å².